The van der Waals surface area contributed by atoms with Crippen LogP contribution in [0.4, 0.5) is 4.39 Å². The van der Waals surface area contributed by atoms with Crippen LogP contribution in [0.3, 0.4) is 0 Å². The number of benzene rings is 2. The molecule has 0 saturated carbocycles. The van der Waals surface area contributed by atoms with E-state index in [1.54, 1.807) is 42.1 Å². The highest BCUT2D eigenvalue weighted by atomic mass is 35.5. The molecular weight excluding hydrogens is 344 g/mol. The van der Waals surface area contributed by atoms with Crippen molar-refractivity contribution >= 4 is 40.0 Å². The summed E-state index contributed by atoms with van der Waals surface area (Å²) in [7, 11) is 0. The van der Waals surface area contributed by atoms with Gasteiger partial charge in [-0.1, -0.05) is 41.4 Å². The number of hydrogen-bond donors (Lipinski definition) is 0. The van der Waals surface area contributed by atoms with Gasteiger partial charge in [0.2, 0.25) is 0 Å². The zero-order valence-corrected chi connectivity index (χ0v) is 13.8. The normalized spacial score (nSPS) is 14.0. The van der Waals surface area contributed by atoms with Crippen molar-refractivity contribution in [1.82, 2.24) is 0 Å². The van der Waals surface area contributed by atoms with Gasteiger partial charge >= 0.3 is 0 Å². The molecular formula is C16H12Cl2FNOS. The van der Waals surface area contributed by atoms with Gasteiger partial charge in [0, 0.05) is 23.4 Å². The second-order valence-electron chi connectivity index (χ2n) is 4.68. The van der Waals surface area contributed by atoms with Crippen LogP contribution >= 0.6 is 35.0 Å². The van der Waals surface area contributed by atoms with E-state index in [9.17, 15) is 4.39 Å². The van der Waals surface area contributed by atoms with Crippen LogP contribution in [-0.4, -0.2) is 17.3 Å². The summed E-state index contributed by atoms with van der Waals surface area (Å²) in [4.78, 5) is 4.39. The second-order valence-corrected chi connectivity index (χ2v) is 6.58. The topological polar surface area (TPSA) is 21.6 Å². The Labute approximate surface area is 142 Å². The van der Waals surface area contributed by atoms with E-state index in [1.807, 2.05) is 0 Å². The summed E-state index contributed by atoms with van der Waals surface area (Å²) in [6.45, 7) is 0.877. The third-order valence-corrected chi connectivity index (χ3v) is 4.75. The molecule has 6 heteroatoms. The smallest absolute Gasteiger partial charge is 0.157 e. The molecule has 0 amide bonds. The molecule has 2 aromatic rings. The number of nitrogens with zero attached hydrogens (tertiary/aromatic N) is 1. The zero-order chi connectivity index (χ0) is 15.5. The van der Waals surface area contributed by atoms with Crippen molar-refractivity contribution in [2.45, 2.75) is 6.61 Å². The number of thioether (sulfide) groups is 1. The maximum absolute atomic E-state index is 13.6. The van der Waals surface area contributed by atoms with E-state index in [2.05, 4.69) is 4.99 Å². The molecule has 2 nitrogen and oxygen atoms in total. The van der Waals surface area contributed by atoms with Crippen LogP contribution < -0.4 is 4.74 Å². The Hall–Kier alpha value is -1.23. The van der Waals surface area contributed by atoms with Gasteiger partial charge in [0.25, 0.3) is 0 Å². The minimum absolute atomic E-state index is 0.0706. The first-order valence-electron chi connectivity index (χ1n) is 6.68. The van der Waals surface area contributed by atoms with Crippen LogP contribution in [-0.2, 0) is 6.61 Å². The fraction of sp³-hybridized carbons (Fsp3) is 0.188. The first-order valence-corrected chi connectivity index (χ1v) is 8.42. The third kappa shape index (κ3) is 3.40. The minimum atomic E-state index is -0.317. The van der Waals surface area contributed by atoms with Gasteiger partial charge in [0.05, 0.1) is 15.1 Å². The molecule has 2 aromatic carbocycles. The lowest BCUT2D eigenvalue weighted by atomic mass is 10.2. The quantitative estimate of drug-likeness (QED) is 0.751. The fourth-order valence-electron chi connectivity index (χ4n) is 2.10. The van der Waals surface area contributed by atoms with Crippen LogP contribution in [0.15, 0.2) is 41.4 Å². The molecule has 0 aromatic heterocycles. The summed E-state index contributed by atoms with van der Waals surface area (Å²) in [5, 5.41) is 1.73. The first kappa shape index (κ1) is 15.7. The van der Waals surface area contributed by atoms with E-state index in [0.717, 1.165) is 22.9 Å². The van der Waals surface area contributed by atoms with Crippen molar-refractivity contribution in [3.8, 4) is 5.75 Å². The van der Waals surface area contributed by atoms with Gasteiger partial charge < -0.3 is 4.74 Å². The molecule has 1 aliphatic rings. The molecule has 0 atom stereocenters. The predicted octanol–water partition coefficient (Wildman–Crippen LogP) is 5.20. The van der Waals surface area contributed by atoms with Gasteiger partial charge in [-0.3, -0.25) is 4.99 Å². The Morgan fingerprint density at radius 1 is 1.18 bits per heavy atom. The van der Waals surface area contributed by atoms with Crippen LogP contribution in [0.5, 0.6) is 5.75 Å². The highest BCUT2D eigenvalue weighted by molar-refractivity contribution is 8.14. The molecule has 114 valence electrons. The van der Waals surface area contributed by atoms with E-state index in [4.69, 9.17) is 27.9 Å². The standard InChI is InChI=1S/C16H12Cl2FNOS/c17-12-7-11(16-20-5-6-22-16)8-13(18)15(12)21-9-10-3-1-2-4-14(10)19/h1-4,7-8H,5-6,9H2. The molecule has 0 unspecified atom stereocenters. The van der Waals surface area contributed by atoms with E-state index in [0.29, 0.717) is 21.4 Å². The van der Waals surface area contributed by atoms with Crippen molar-refractivity contribution in [3.05, 3.63) is 63.4 Å². The van der Waals surface area contributed by atoms with Gasteiger partial charge in [-0.25, -0.2) is 4.39 Å². The summed E-state index contributed by atoms with van der Waals surface area (Å²) in [6, 6.07) is 10.00. The van der Waals surface area contributed by atoms with Gasteiger partial charge in [-0.2, -0.15) is 0 Å². The Bertz CT molecular complexity index is 713. The van der Waals surface area contributed by atoms with Crippen LogP contribution in [0.2, 0.25) is 10.0 Å². The number of rotatable bonds is 4. The molecule has 0 N–H and O–H groups in total. The Morgan fingerprint density at radius 2 is 1.91 bits per heavy atom. The molecule has 3 rings (SSSR count). The molecule has 0 aliphatic carbocycles. The lowest BCUT2D eigenvalue weighted by Gasteiger charge is -2.12. The van der Waals surface area contributed by atoms with Gasteiger partial charge in [-0.05, 0) is 18.2 Å². The average molecular weight is 356 g/mol. The van der Waals surface area contributed by atoms with Gasteiger partial charge in [0.15, 0.2) is 5.75 Å². The number of halogens is 3. The van der Waals surface area contributed by atoms with Crippen molar-refractivity contribution < 1.29 is 9.13 Å². The summed E-state index contributed by atoms with van der Waals surface area (Å²) in [6.07, 6.45) is 0. The zero-order valence-electron chi connectivity index (χ0n) is 11.5. The highest BCUT2D eigenvalue weighted by Gasteiger charge is 2.16. The summed E-state index contributed by atoms with van der Waals surface area (Å²) in [5.74, 6) is 1.01. The minimum Gasteiger partial charge on any atom is -0.486 e. The number of aliphatic imine (C=N–C) groups is 1. The average Bonchev–Trinajstić information content (AvgIpc) is 3.02. The predicted molar refractivity (Wildman–Crippen MR) is 91.1 cm³/mol. The monoisotopic (exact) mass is 355 g/mol. The largest absolute Gasteiger partial charge is 0.486 e. The molecule has 0 fully saturated rings. The Balaban J connectivity index is 1.81. The summed E-state index contributed by atoms with van der Waals surface area (Å²) < 4.78 is 19.2. The highest BCUT2D eigenvalue weighted by Crippen LogP contribution is 2.36. The molecule has 0 radical (unpaired) electrons. The molecule has 1 aliphatic heterocycles. The van der Waals surface area contributed by atoms with Gasteiger partial charge in [0.1, 0.15) is 12.4 Å². The molecule has 0 spiro atoms. The van der Waals surface area contributed by atoms with E-state index in [1.165, 1.54) is 6.07 Å². The lowest BCUT2D eigenvalue weighted by Crippen LogP contribution is -2.00. The Kier molecular flexibility index (Phi) is 4.91. The van der Waals surface area contributed by atoms with Crippen molar-refractivity contribution in [3.63, 3.8) is 0 Å². The van der Waals surface area contributed by atoms with Crippen molar-refractivity contribution in [1.29, 1.82) is 0 Å². The van der Waals surface area contributed by atoms with Crippen molar-refractivity contribution in [2.75, 3.05) is 12.3 Å². The maximum Gasteiger partial charge on any atom is 0.157 e. The maximum atomic E-state index is 13.6. The number of hydrogen-bond acceptors (Lipinski definition) is 3. The summed E-state index contributed by atoms with van der Waals surface area (Å²) >= 11 is 14.2. The van der Waals surface area contributed by atoms with Gasteiger partial charge in [-0.15, -0.1) is 11.8 Å². The van der Waals surface area contributed by atoms with Crippen molar-refractivity contribution in [2.24, 2.45) is 4.99 Å². The molecule has 0 bridgehead atoms. The van der Waals surface area contributed by atoms with Crippen LogP contribution in [0.1, 0.15) is 11.1 Å². The van der Waals surface area contributed by atoms with E-state index in [-0.39, 0.29) is 12.4 Å². The fourth-order valence-corrected chi connectivity index (χ4v) is 3.54. The SMILES string of the molecule is Fc1ccccc1COc1c(Cl)cc(C2=NCCS2)cc1Cl. The second kappa shape index (κ2) is 6.90. The lowest BCUT2D eigenvalue weighted by molar-refractivity contribution is 0.300. The third-order valence-electron chi connectivity index (χ3n) is 3.16. The Morgan fingerprint density at radius 3 is 2.55 bits per heavy atom. The van der Waals surface area contributed by atoms with Crippen LogP contribution in [0.25, 0.3) is 0 Å². The molecule has 1 heterocycles. The number of ether oxygens (including phenoxy) is 1. The van der Waals surface area contributed by atoms with E-state index < -0.39 is 0 Å². The molecule has 0 saturated heterocycles. The van der Waals surface area contributed by atoms with E-state index >= 15 is 0 Å². The summed E-state index contributed by atoms with van der Waals surface area (Å²) in [5.41, 5.74) is 1.34. The van der Waals surface area contributed by atoms with Crippen LogP contribution in [0, 0.1) is 5.82 Å². The molecule has 22 heavy (non-hydrogen) atoms. The first-order chi connectivity index (χ1) is 10.6.